The average Bonchev–Trinajstić information content (AvgIpc) is 2.52. The van der Waals surface area contributed by atoms with E-state index in [4.69, 9.17) is 4.74 Å². The minimum atomic E-state index is 0.00211. The first-order valence-corrected chi connectivity index (χ1v) is 7.52. The maximum Gasteiger partial charge on any atom is 0.251 e. The van der Waals surface area contributed by atoms with Gasteiger partial charge in [-0.15, -0.1) is 0 Å². The van der Waals surface area contributed by atoms with Gasteiger partial charge in [0.15, 0.2) is 0 Å². The Morgan fingerprint density at radius 2 is 1.90 bits per heavy atom. The monoisotopic (exact) mass is 291 g/mol. The SMILES string of the molecule is CN(C)CCCNC(=O)c1ccc(N2CCOCC2)cc1. The summed E-state index contributed by atoms with van der Waals surface area (Å²) in [5.41, 5.74) is 1.87. The molecule has 0 atom stereocenters. The Labute approximate surface area is 126 Å². The van der Waals surface area contributed by atoms with Gasteiger partial charge in [-0.3, -0.25) is 4.79 Å². The molecule has 0 aromatic heterocycles. The third kappa shape index (κ3) is 5.02. The number of ether oxygens (including phenoxy) is 1. The molecule has 1 heterocycles. The molecule has 0 radical (unpaired) electrons. The molecule has 0 bridgehead atoms. The second-order valence-electron chi connectivity index (χ2n) is 5.56. The van der Waals surface area contributed by atoms with Crippen molar-refractivity contribution in [2.45, 2.75) is 6.42 Å². The Morgan fingerprint density at radius 1 is 1.24 bits per heavy atom. The molecule has 0 aliphatic carbocycles. The van der Waals surface area contributed by atoms with E-state index in [0.717, 1.165) is 50.5 Å². The summed E-state index contributed by atoms with van der Waals surface area (Å²) < 4.78 is 5.35. The summed E-state index contributed by atoms with van der Waals surface area (Å²) >= 11 is 0. The number of carbonyl (C=O) groups is 1. The highest BCUT2D eigenvalue weighted by atomic mass is 16.5. The van der Waals surface area contributed by atoms with Crippen LogP contribution in [0.15, 0.2) is 24.3 Å². The molecule has 1 aliphatic heterocycles. The number of amides is 1. The summed E-state index contributed by atoms with van der Waals surface area (Å²) in [4.78, 5) is 16.4. The standard InChI is InChI=1S/C16H25N3O2/c1-18(2)9-3-8-17-16(20)14-4-6-15(7-5-14)19-10-12-21-13-11-19/h4-7H,3,8-13H2,1-2H3,(H,17,20). The maximum absolute atomic E-state index is 12.0. The number of hydrogen-bond donors (Lipinski definition) is 1. The van der Waals surface area contributed by atoms with Crippen LogP contribution in [0.4, 0.5) is 5.69 Å². The van der Waals surface area contributed by atoms with Crippen LogP contribution in [-0.2, 0) is 4.74 Å². The van der Waals surface area contributed by atoms with Crippen molar-refractivity contribution in [3.05, 3.63) is 29.8 Å². The number of nitrogens with one attached hydrogen (secondary N) is 1. The lowest BCUT2D eigenvalue weighted by molar-refractivity contribution is 0.0952. The molecule has 1 fully saturated rings. The molecule has 5 nitrogen and oxygen atoms in total. The third-order valence-corrected chi connectivity index (χ3v) is 3.57. The van der Waals surface area contributed by atoms with Crippen LogP contribution in [0.3, 0.4) is 0 Å². The number of nitrogens with zero attached hydrogens (tertiary/aromatic N) is 2. The summed E-state index contributed by atoms with van der Waals surface area (Å²) in [5, 5.41) is 2.95. The first kappa shape index (κ1) is 15.8. The highest BCUT2D eigenvalue weighted by Crippen LogP contribution is 2.16. The van der Waals surface area contributed by atoms with Crippen LogP contribution in [0.2, 0.25) is 0 Å². The molecule has 21 heavy (non-hydrogen) atoms. The van der Waals surface area contributed by atoms with E-state index in [2.05, 4.69) is 15.1 Å². The zero-order chi connectivity index (χ0) is 15.1. The van der Waals surface area contributed by atoms with E-state index in [1.807, 2.05) is 38.4 Å². The van der Waals surface area contributed by atoms with Gasteiger partial charge < -0.3 is 19.9 Å². The van der Waals surface area contributed by atoms with Crippen LogP contribution in [0.25, 0.3) is 0 Å². The van der Waals surface area contributed by atoms with Crippen molar-refractivity contribution >= 4 is 11.6 Å². The summed E-state index contributed by atoms with van der Waals surface area (Å²) in [6, 6.07) is 7.82. The smallest absolute Gasteiger partial charge is 0.251 e. The Balaban J connectivity index is 1.82. The first-order valence-electron chi connectivity index (χ1n) is 7.52. The van der Waals surface area contributed by atoms with E-state index in [0.29, 0.717) is 6.54 Å². The van der Waals surface area contributed by atoms with E-state index in [9.17, 15) is 4.79 Å². The van der Waals surface area contributed by atoms with Crippen LogP contribution in [0.5, 0.6) is 0 Å². The Kier molecular flexibility index (Phi) is 6.02. The fourth-order valence-corrected chi connectivity index (χ4v) is 2.34. The predicted molar refractivity (Wildman–Crippen MR) is 85.0 cm³/mol. The van der Waals surface area contributed by atoms with Gasteiger partial charge in [0.2, 0.25) is 0 Å². The minimum Gasteiger partial charge on any atom is -0.378 e. The maximum atomic E-state index is 12.0. The van der Waals surface area contributed by atoms with Gasteiger partial charge in [0, 0.05) is 30.9 Å². The van der Waals surface area contributed by atoms with Crippen molar-refractivity contribution in [1.82, 2.24) is 10.2 Å². The Bertz CT molecular complexity index is 439. The molecule has 5 heteroatoms. The van der Waals surface area contributed by atoms with Crippen LogP contribution >= 0.6 is 0 Å². The number of hydrogen-bond acceptors (Lipinski definition) is 4. The Morgan fingerprint density at radius 3 is 2.52 bits per heavy atom. The number of rotatable bonds is 6. The van der Waals surface area contributed by atoms with E-state index in [-0.39, 0.29) is 5.91 Å². The Hall–Kier alpha value is -1.59. The molecule has 1 amide bonds. The topological polar surface area (TPSA) is 44.8 Å². The molecular weight excluding hydrogens is 266 g/mol. The number of carbonyl (C=O) groups excluding carboxylic acids is 1. The summed E-state index contributed by atoms with van der Waals surface area (Å²) in [5.74, 6) is 0.00211. The van der Waals surface area contributed by atoms with E-state index >= 15 is 0 Å². The lowest BCUT2D eigenvalue weighted by atomic mass is 10.1. The van der Waals surface area contributed by atoms with E-state index in [1.165, 1.54) is 0 Å². The highest BCUT2D eigenvalue weighted by molar-refractivity contribution is 5.94. The zero-order valence-electron chi connectivity index (χ0n) is 13.0. The van der Waals surface area contributed by atoms with Crippen LogP contribution in [0.1, 0.15) is 16.8 Å². The number of anilines is 1. The second-order valence-corrected chi connectivity index (χ2v) is 5.56. The highest BCUT2D eigenvalue weighted by Gasteiger charge is 2.12. The van der Waals surface area contributed by atoms with Gasteiger partial charge in [0.05, 0.1) is 13.2 Å². The average molecular weight is 291 g/mol. The summed E-state index contributed by atoms with van der Waals surface area (Å²) in [6.07, 6.45) is 0.963. The zero-order valence-corrected chi connectivity index (χ0v) is 13.0. The molecule has 0 spiro atoms. The van der Waals surface area contributed by atoms with Crippen molar-refractivity contribution < 1.29 is 9.53 Å². The van der Waals surface area contributed by atoms with Gasteiger partial charge in [-0.2, -0.15) is 0 Å². The van der Waals surface area contributed by atoms with Gasteiger partial charge >= 0.3 is 0 Å². The van der Waals surface area contributed by atoms with Crippen LogP contribution < -0.4 is 10.2 Å². The second kappa shape index (κ2) is 8.00. The fourth-order valence-electron chi connectivity index (χ4n) is 2.34. The molecule has 0 unspecified atom stereocenters. The quantitative estimate of drug-likeness (QED) is 0.800. The molecule has 1 N–H and O–H groups in total. The number of benzene rings is 1. The molecular formula is C16H25N3O2. The summed E-state index contributed by atoms with van der Waals surface area (Å²) in [6.45, 7) is 5.06. The van der Waals surface area contributed by atoms with Crippen molar-refractivity contribution in [2.24, 2.45) is 0 Å². The molecule has 0 saturated carbocycles. The van der Waals surface area contributed by atoms with E-state index in [1.54, 1.807) is 0 Å². The van der Waals surface area contributed by atoms with Crippen molar-refractivity contribution in [3.63, 3.8) is 0 Å². The lowest BCUT2D eigenvalue weighted by Crippen LogP contribution is -2.36. The third-order valence-electron chi connectivity index (χ3n) is 3.57. The van der Waals surface area contributed by atoms with Crippen LogP contribution in [0, 0.1) is 0 Å². The minimum absolute atomic E-state index is 0.00211. The van der Waals surface area contributed by atoms with Crippen LogP contribution in [-0.4, -0.2) is 64.3 Å². The fraction of sp³-hybridized carbons (Fsp3) is 0.562. The first-order chi connectivity index (χ1) is 10.2. The normalized spacial score (nSPS) is 15.3. The molecule has 116 valence electrons. The van der Waals surface area contributed by atoms with Gasteiger partial charge in [-0.25, -0.2) is 0 Å². The van der Waals surface area contributed by atoms with Gasteiger partial charge in [0.25, 0.3) is 5.91 Å². The lowest BCUT2D eigenvalue weighted by Gasteiger charge is -2.28. The van der Waals surface area contributed by atoms with Crippen molar-refractivity contribution in [2.75, 3.05) is 58.4 Å². The molecule has 1 aliphatic rings. The van der Waals surface area contributed by atoms with E-state index < -0.39 is 0 Å². The molecule has 1 aromatic carbocycles. The van der Waals surface area contributed by atoms with Gasteiger partial charge in [0.1, 0.15) is 0 Å². The number of morpholine rings is 1. The summed E-state index contributed by atoms with van der Waals surface area (Å²) in [7, 11) is 4.07. The van der Waals surface area contributed by atoms with Gasteiger partial charge in [-0.1, -0.05) is 0 Å². The van der Waals surface area contributed by atoms with Crippen molar-refractivity contribution in [3.8, 4) is 0 Å². The predicted octanol–water partition coefficient (Wildman–Crippen LogP) is 1.20. The molecule has 1 aromatic rings. The molecule has 2 rings (SSSR count). The largest absolute Gasteiger partial charge is 0.378 e. The molecule has 1 saturated heterocycles. The van der Waals surface area contributed by atoms with Gasteiger partial charge in [-0.05, 0) is 51.3 Å². The van der Waals surface area contributed by atoms with Crippen molar-refractivity contribution in [1.29, 1.82) is 0 Å².